The fourth-order valence-electron chi connectivity index (χ4n) is 2.09. The zero-order valence-electron chi connectivity index (χ0n) is 11.5. The summed E-state index contributed by atoms with van der Waals surface area (Å²) in [5.41, 5.74) is 1.97. The molecule has 3 aromatic rings. The molecule has 0 unspecified atom stereocenters. The van der Waals surface area contributed by atoms with Gasteiger partial charge in [-0.2, -0.15) is 0 Å². The van der Waals surface area contributed by atoms with E-state index in [9.17, 15) is 4.79 Å². The van der Waals surface area contributed by atoms with Crippen LogP contribution in [0.1, 0.15) is 17.4 Å². The number of pyridine rings is 1. The van der Waals surface area contributed by atoms with Gasteiger partial charge in [0.05, 0.1) is 5.52 Å². The van der Waals surface area contributed by atoms with Crippen LogP contribution in [0.2, 0.25) is 0 Å². The number of hydrogen-bond donors (Lipinski definition) is 2. The SMILES string of the molecule is CCNc1cc(C(=O)Nc2ccon2)nc2ccccc12. The third-order valence-corrected chi connectivity index (χ3v) is 3.00. The summed E-state index contributed by atoms with van der Waals surface area (Å²) >= 11 is 0. The first-order valence-corrected chi connectivity index (χ1v) is 6.63. The molecule has 2 heterocycles. The minimum atomic E-state index is -0.325. The number of anilines is 2. The molecule has 0 saturated heterocycles. The molecule has 2 aromatic heterocycles. The van der Waals surface area contributed by atoms with E-state index in [-0.39, 0.29) is 5.91 Å². The number of aromatic nitrogens is 2. The molecule has 1 aromatic carbocycles. The second kappa shape index (κ2) is 5.62. The van der Waals surface area contributed by atoms with Gasteiger partial charge in [0.25, 0.3) is 5.91 Å². The van der Waals surface area contributed by atoms with Crippen LogP contribution in [-0.4, -0.2) is 22.6 Å². The van der Waals surface area contributed by atoms with Crippen molar-refractivity contribution in [3.63, 3.8) is 0 Å². The molecule has 0 fully saturated rings. The number of benzene rings is 1. The highest BCUT2D eigenvalue weighted by Gasteiger charge is 2.13. The Kier molecular flexibility index (Phi) is 3.51. The van der Waals surface area contributed by atoms with E-state index in [1.54, 1.807) is 12.1 Å². The zero-order chi connectivity index (χ0) is 14.7. The lowest BCUT2D eigenvalue weighted by Crippen LogP contribution is -2.14. The number of carbonyl (C=O) groups is 1. The predicted molar refractivity (Wildman–Crippen MR) is 80.4 cm³/mol. The van der Waals surface area contributed by atoms with Crippen LogP contribution in [-0.2, 0) is 0 Å². The lowest BCUT2D eigenvalue weighted by atomic mass is 10.1. The predicted octanol–water partition coefficient (Wildman–Crippen LogP) is 2.91. The molecule has 0 spiro atoms. The van der Waals surface area contributed by atoms with Gasteiger partial charge in [-0.3, -0.25) is 4.79 Å². The standard InChI is InChI=1S/C15H14N4O2/c1-2-16-12-9-13(15(20)18-14-7-8-21-19-14)17-11-6-4-3-5-10(11)12/h3-9H,2H2,1H3,(H,16,17)(H,18,19,20). The summed E-state index contributed by atoms with van der Waals surface area (Å²) in [6, 6.07) is 11.0. The first kappa shape index (κ1) is 13.1. The molecule has 2 N–H and O–H groups in total. The minimum Gasteiger partial charge on any atom is -0.385 e. The van der Waals surface area contributed by atoms with E-state index in [1.165, 1.54) is 6.26 Å². The molecule has 6 heteroatoms. The third-order valence-electron chi connectivity index (χ3n) is 3.00. The molecule has 0 aliphatic heterocycles. The number of nitrogens with zero attached hydrogens (tertiary/aromatic N) is 2. The lowest BCUT2D eigenvalue weighted by Gasteiger charge is -2.10. The quantitative estimate of drug-likeness (QED) is 0.769. The van der Waals surface area contributed by atoms with Gasteiger partial charge in [0.2, 0.25) is 0 Å². The van der Waals surface area contributed by atoms with Gasteiger partial charge in [0, 0.05) is 23.7 Å². The molecule has 3 rings (SSSR count). The maximum Gasteiger partial charge on any atom is 0.275 e. The third kappa shape index (κ3) is 2.69. The van der Waals surface area contributed by atoms with E-state index in [0.29, 0.717) is 11.5 Å². The van der Waals surface area contributed by atoms with Crippen LogP contribution in [0.4, 0.5) is 11.5 Å². The zero-order valence-corrected chi connectivity index (χ0v) is 11.5. The summed E-state index contributed by atoms with van der Waals surface area (Å²) < 4.78 is 4.69. The number of rotatable bonds is 4. The number of hydrogen-bond acceptors (Lipinski definition) is 5. The van der Waals surface area contributed by atoms with Crippen LogP contribution < -0.4 is 10.6 Å². The molecule has 21 heavy (non-hydrogen) atoms. The first-order chi connectivity index (χ1) is 10.3. The Morgan fingerprint density at radius 1 is 1.29 bits per heavy atom. The van der Waals surface area contributed by atoms with Gasteiger partial charge in [0.1, 0.15) is 12.0 Å². The summed E-state index contributed by atoms with van der Waals surface area (Å²) in [5, 5.41) is 10.5. The Labute approximate surface area is 121 Å². The van der Waals surface area contributed by atoms with Gasteiger partial charge in [-0.25, -0.2) is 4.98 Å². The van der Waals surface area contributed by atoms with E-state index in [0.717, 1.165) is 23.1 Å². The van der Waals surface area contributed by atoms with Gasteiger partial charge >= 0.3 is 0 Å². The van der Waals surface area contributed by atoms with Crippen molar-refractivity contribution in [3.8, 4) is 0 Å². The fraction of sp³-hybridized carbons (Fsp3) is 0.133. The second-order valence-corrected chi connectivity index (χ2v) is 4.44. The molecule has 106 valence electrons. The van der Waals surface area contributed by atoms with Crippen molar-refractivity contribution in [2.45, 2.75) is 6.92 Å². The Morgan fingerprint density at radius 2 is 2.14 bits per heavy atom. The fourth-order valence-corrected chi connectivity index (χ4v) is 2.09. The number of nitrogens with one attached hydrogen (secondary N) is 2. The average molecular weight is 282 g/mol. The molecule has 0 saturated carbocycles. The Bertz CT molecular complexity index is 768. The molecule has 0 aliphatic rings. The first-order valence-electron chi connectivity index (χ1n) is 6.63. The summed E-state index contributed by atoms with van der Waals surface area (Å²) in [6.07, 6.45) is 1.40. The van der Waals surface area contributed by atoms with Crippen LogP contribution >= 0.6 is 0 Å². The van der Waals surface area contributed by atoms with Gasteiger partial charge in [-0.15, -0.1) is 0 Å². The van der Waals surface area contributed by atoms with Crippen LogP contribution in [0.3, 0.4) is 0 Å². The van der Waals surface area contributed by atoms with E-state index in [2.05, 4.69) is 25.3 Å². The van der Waals surface area contributed by atoms with Crippen molar-refractivity contribution in [3.05, 3.63) is 48.4 Å². The lowest BCUT2D eigenvalue weighted by molar-refractivity contribution is 0.102. The van der Waals surface area contributed by atoms with Gasteiger partial charge in [0.15, 0.2) is 5.82 Å². The number of carbonyl (C=O) groups excluding carboxylic acids is 1. The van der Waals surface area contributed by atoms with Crippen molar-refractivity contribution >= 4 is 28.3 Å². The number of para-hydroxylation sites is 1. The average Bonchev–Trinajstić information content (AvgIpc) is 3.00. The molecular weight excluding hydrogens is 268 g/mol. The molecule has 0 radical (unpaired) electrons. The van der Waals surface area contributed by atoms with E-state index in [4.69, 9.17) is 0 Å². The number of fused-ring (bicyclic) bond motifs is 1. The van der Waals surface area contributed by atoms with Crippen LogP contribution in [0.25, 0.3) is 10.9 Å². The van der Waals surface area contributed by atoms with Gasteiger partial charge in [-0.05, 0) is 19.1 Å². The summed E-state index contributed by atoms with van der Waals surface area (Å²) in [4.78, 5) is 16.6. The van der Waals surface area contributed by atoms with Crippen molar-refractivity contribution in [2.24, 2.45) is 0 Å². The Balaban J connectivity index is 2.00. The monoisotopic (exact) mass is 282 g/mol. The van der Waals surface area contributed by atoms with Crippen LogP contribution in [0, 0.1) is 0 Å². The van der Waals surface area contributed by atoms with E-state index in [1.807, 2.05) is 31.2 Å². The molecule has 6 nitrogen and oxygen atoms in total. The molecule has 1 amide bonds. The molecular formula is C15H14N4O2. The molecule has 0 atom stereocenters. The van der Waals surface area contributed by atoms with E-state index >= 15 is 0 Å². The van der Waals surface area contributed by atoms with Crippen molar-refractivity contribution in [1.29, 1.82) is 0 Å². The molecule has 0 aliphatic carbocycles. The largest absolute Gasteiger partial charge is 0.385 e. The number of amides is 1. The summed E-state index contributed by atoms with van der Waals surface area (Å²) in [6.45, 7) is 2.77. The maximum absolute atomic E-state index is 12.2. The summed E-state index contributed by atoms with van der Waals surface area (Å²) in [5.74, 6) is 0.0359. The Morgan fingerprint density at radius 3 is 2.90 bits per heavy atom. The normalized spacial score (nSPS) is 10.5. The van der Waals surface area contributed by atoms with Crippen molar-refractivity contribution in [1.82, 2.24) is 10.1 Å². The highest BCUT2D eigenvalue weighted by atomic mass is 16.5. The van der Waals surface area contributed by atoms with Crippen molar-refractivity contribution in [2.75, 3.05) is 17.2 Å². The highest BCUT2D eigenvalue weighted by Crippen LogP contribution is 2.23. The Hall–Kier alpha value is -2.89. The molecule has 0 bridgehead atoms. The van der Waals surface area contributed by atoms with E-state index < -0.39 is 0 Å². The van der Waals surface area contributed by atoms with Crippen LogP contribution in [0.5, 0.6) is 0 Å². The smallest absolute Gasteiger partial charge is 0.275 e. The van der Waals surface area contributed by atoms with Gasteiger partial charge in [-0.1, -0.05) is 23.4 Å². The summed E-state index contributed by atoms with van der Waals surface area (Å²) in [7, 11) is 0. The highest BCUT2D eigenvalue weighted by molar-refractivity contribution is 6.05. The minimum absolute atomic E-state index is 0.325. The van der Waals surface area contributed by atoms with Gasteiger partial charge < -0.3 is 15.2 Å². The topological polar surface area (TPSA) is 80.0 Å². The van der Waals surface area contributed by atoms with Crippen LogP contribution in [0.15, 0.2) is 47.2 Å². The van der Waals surface area contributed by atoms with Crippen molar-refractivity contribution < 1.29 is 9.32 Å². The second-order valence-electron chi connectivity index (χ2n) is 4.44. The maximum atomic E-state index is 12.2.